The Balaban J connectivity index is 2.63. The number of pyridine rings is 1. The molecule has 0 saturated heterocycles. The number of benzene rings is 1. The SMILES string of the molecule is COc1cccc(-c2ccnc(Cl)c2C(=O)O)c1. The van der Waals surface area contributed by atoms with Crippen LogP contribution in [0.4, 0.5) is 0 Å². The van der Waals surface area contributed by atoms with Gasteiger partial charge in [0.25, 0.3) is 0 Å². The van der Waals surface area contributed by atoms with Gasteiger partial charge in [-0.1, -0.05) is 23.7 Å². The summed E-state index contributed by atoms with van der Waals surface area (Å²) in [6.07, 6.45) is 1.48. The van der Waals surface area contributed by atoms with Crippen molar-refractivity contribution in [3.8, 4) is 16.9 Å². The summed E-state index contributed by atoms with van der Waals surface area (Å²) < 4.78 is 5.11. The van der Waals surface area contributed by atoms with E-state index in [1.165, 1.54) is 6.20 Å². The molecule has 0 bridgehead atoms. The lowest BCUT2D eigenvalue weighted by atomic mass is 10.0. The van der Waals surface area contributed by atoms with Crippen molar-refractivity contribution in [2.24, 2.45) is 0 Å². The molecule has 0 amide bonds. The lowest BCUT2D eigenvalue weighted by molar-refractivity contribution is 0.0697. The summed E-state index contributed by atoms with van der Waals surface area (Å²) in [6, 6.07) is 8.73. The first-order chi connectivity index (χ1) is 8.63. The van der Waals surface area contributed by atoms with E-state index < -0.39 is 5.97 Å². The lowest BCUT2D eigenvalue weighted by Crippen LogP contribution is -2.02. The summed E-state index contributed by atoms with van der Waals surface area (Å²) in [5, 5.41) is 9.15. The lowest BCUT2D eigenvalue weighted by Gasteiger charge is -2.08. The first-order valence-corrected chi connectivity index (χ1v) is 5.53. The smallest absolute Gasteiger partial charge is 0.339 e. The third kappa shape index (κ3) is 2.28. The van der Waals surface area contributed by atoms with E-state index in [2.05, 4.69) is 4.98 Å². The number of carbonyl (C=O) groups is 1. The quantitative estimate of drug-likeness (QED) is 0.865. The molecule has 1 aromatic carbocycles. The molecule has 0 fully saturated rings. The maximum absolute atomic E-state index is 11.2. The van der Waals surface area contributed by atoms with Crippen molar-refractivity contribution in [1.82, 2.24) is 4.98 Å². The zero-order valence-electron chi connectivity index (χ0n) is 9.55. The predicted molar refractivity (Wildman–Crippen MR) is 68.2 cm³/mol. The number of ether oxygens (including phenoxy) is 1. The second kappa shape index (κ2) is 5.06. The molecule has 18 heavy (non-hydrogen) atoms. The summed E-state index contributed by atoms with van der Waals surface area (Å²) in [5.41, 5.74) is 1.23. The summed E-state index contributed by atoms with van der Waals surface area (Å²) >= 11 is 5.82. The van der Waals surface area contributed by atoms with Gasteiger partial charge < -0.3 is 9.84 Å². The van der Waals surface area contributed by atoms with Crippen LogP contribution in [0.2, 0.25) is 5.15 Å². The molecule has 0 unspecified atom stereocenters. The van der Waals surface area contributed by atoms with Gasteiger partial charge in [0, 0.05) is 11.8 Å². The highest BCUT2D eigenvalue weighted by molar-refractivity contribution is 6.33. The fraction of sp³-hybridized carbons (Fsp3) is 0.0769. The number of halogens is 1. The molecule has 2 rings (SSSR count). The molecule has 2 aromatic rings. The minimum atomic E-state index is -1.11. The molecular weight excluding hydrogens is 254 g/mol. The van der Waals surface area contributed by atoms with Crippen LogP contribution in [0.15, 0.2) is 36.5 Å². The number of carboxylic acid groups (broad SMARTS) is 1. The van der Waals surface area contributed by atoms with Gasteiger partial charge in [-0.2, -0.15) is 0 Å². The van der Waals surface area contributed by atoms with Crippen LogP contribution >= 0.6 is 11.6 Å². The fourth-order valence-electron chi connectivity index (χ4n) is 1.67. The third-order valence-corrected chi connectivity index (χ3v) is 2.79. The van der Waals surface area contributed by atoms with Crippen LogP contribution in [0.25, 0.3) is 11.1 Å². The Morgan fingerprint density at radius 2 is 2.17 bits per heavy atom. The van der Waals surface area contributed by atoms with Crippen LogP contribution in [0.1, 0.15) is 10.4 Å². The van der Waals surface area contributed by atoms with Crippen molar-refractivity contribution in [2.75, 3.05) is 7.11 Å². The van der Waals surface area contributed by atoms with Crippen molar-refractivity contribution in [2.45, 2.75) is 0 Å². The van der Waals surface area contributed by atoms with E-state index in [9.17, 15) is 9.90 Å². The topological polar surface area (TPSA) is 59.4 Å². The molecule has 0 spiro atoms. The van der Waals surface area contributed by atoms with Crippen LogP contribution in [0, 0.1) is 0 Å². The number of carboxylic acids is 1. The molecule has 0 aliphatic rings. The Bertz CT molecular complexity index is 599. The molecule has 4 nitrogen and oxygen atoms in total. The molecule has 0 atom stereocenters. The molecule has 0 radical (unpaired) electrons. The minimum absolute atomic E-state index is 0.00702. The first kappa shape index (κ1) is 12.4. The van der Waals surface area contributed by atoms with Gasteiger partial charge in [-0.15, -0.1) is 0 Å². The molecule has 1 aromatic heterocycles. The molecular formula is C13H10ClNO3. The number of rotatable bonds is 3. The fourth-order valence-corrected chi connectivity index (χ4v) is 1.91. The zero-order valence-corrected chi connectivity index (χ0v) is 10.3. The maximum atomic E-state index is 11.2. The molecule has 92 valence electrons. The van der Waals surface area contributed by atoms with Crippen molar-refractivity contribution in [3.05, 3.63) is 47.2 Å². The normalized spacial score (nSPS) is 10.1. The second-order valence-corrected chi connectivity index (χ2v) is 3.92. The van der Waals surface area contributed by atoms with E-state index in [0.717, 1.165) is 5.56 Å². The molecule has 0 aliphatic carbocycles. The van der Waals surface area contributed by atoms with Crippen molar-refractivity contribution in [1.29, 1.82) is 0 Å². The molecule has 0 saturated carbocycles. The van der Waals surface area contributed by atoms with E-state index >= 15 is 0 Å². The van der Waals surface area contributed by atoms with Crippen molar-refractivity contribution >= 4 is 17.6 Å². The van der Waals surface area contributed by atoms with E-state index in [1.807, 2.05) is 0 Å². The molecule has 5 heteroatoms. The van der Waals surface area contributed by atoms with Crippen LogP contribution < -0.4 is 4.74 Å². The highest BCUT2D eigenvalue weighted by atomic mass is 35.5. The second-order valence-electron chi connectivity index (χ2n) is 3.56. The van der Waals surface area contributed by atoms with Crippen LogP contribution in [-0.2, 0) is 0 Å². The summed E-state index contributed by atoms with van der Waals surface area (Å²) in [4.78, 5) is 15.0. The molecule has 1 N–H and O–H groups in total. The van der Waals surface area contributed by atoms with E-state index in [1.54, 1.807) is 37.4 Å². The maximum Gasteiger partial charge on any atom is 0.339 e. The van der Waals surface area contributed by atoms with E-state index in [4.69, 9.17) is 16.3 Å². The Morgan fingerprint density at radius 3 is 2.83 bits per heavy atom. The summed E-state index contributed by atoms with van der Waals surface area (Å²) in [5.74, 6) is -0.456. The largest absolute Gasteiger partial charge is 0.497 e. The highest BCUT2D eigenvalue weighted by Gasteiger charge is 2.16. The number of aromatic nitrogens is 1. The number of hydrogen-bond donors (Lipinski definition) is 1. The minimum Gasteiger partial charge on any atom is -0.497 e. The molecule has 0 aliphatic heterocycles. The van der Waals surface area contributed by atoms with Crippen LogP contribution in [0.5, 0.6) is 5.75 Å². The van der Waals surface area contributed by atoms with Gasteiger partial charge >= 0.3 is 5.97 Å². The van der Waals surface area contributed by atoms with Gasteiger partial charge in [-0.25, -0.2) is 9.78 Å². The van der Waals surface area contributed by atoms with E-state index in [0.29, 0.717) is 11.3 Å². The average molecular weight is 264 g/mol. The van der Waals surface area contributed by atoms with Crippen molar-refractivity contribution < 1.29 is 14.6 Å². The Labute approximate surface area is 109 Å². The van der Waals surface area contributed by atoms with E-state index in [-0.39, 0.29) is 10.7 Å². The monoisotopic (exact) mass is 263 g/mol. The molecule has 1 heterocycles. The van der Waals surface area contributed by atoms with Gasteiger partial charge in [-0.05, 0) is 23.8 Å². The Kier molecular flexibility index (Phi) is 3.48. The van der Waals surface area contributed by atoms with Crippen molar-refractivity contribution in [3.63, 3.8) is 0 Å². The zero-order chi connectivity index (χ0) is 13.1. The van der Waals surface area contributed by atoms with Crippen LogP contribution in [-0.4, -0.2) is 23.2 Å². The van der Waals surface area contributed by atoms with Gasteiger partial charge in [0.1, 0.15) is 16.5 Å². The number of aromatic carboxylic acids is 1. The van der Waals surface area contributed by atoms with Gasteiger partial charge in [0.15, 0.2) is 0 Å². The third-order valence-electron chi connectivity index (χ3n) is 2.50. The van der Waals surface area contributed by atoms with Gasteiger partial charge in [0.2, 0.25) is 0 Å². The number of hydrogen-bond acceptors (Lipinski definition) is 3. The number of nitrogens with zero attached hydrogens (tertiary/aromatic N) is 1. The Morgan fingerprint density at radius 1 is 1.39 bits per heavy atom. The Hall–Kier alpha value is -2.07. The summed E-state index contributed by atoms with van der Waals surface area (Å²) in [6.45, 7) is 0. The highest BCUT2D eigenvalue weighted by Crippen LogP contribution is 2.29. The predicted octanol–water partition coefficient (Wildman–Crippen LogP) is 3.11. The number of methoxy groups -OCH3 is 1. The van der Waals surface area contributed by atoms with Gasteiger partial charge in [0.05, 0.1) is 7.11 Å². The average Bonchev–Trinajstić information content (AvgIpc) is 2.38. The van der Waals surface area contributed by atoms with Crippen LogP contribution in [0.3, 0.4) is 0 Å². The van der Waals surface area contributed by atoms with Gasteiger partial charge in [-0.3, -0.25) is 0 Å². The standard InChI is InChI=1S/C13H10ClNO3/c1-18-9-4-2-3-8(7-9)10-5-6-15-12(14)11(10)13(16)17/h2-7H,1H3,(H,16,17). The first-order valence-electron chi connectivity index (χ1n) is 5.15. The summed E-state index contributed by atoms with van der Waals surface area (Å²) in [7, 11) is 1.55.